The molecule has 3 aromatic rings. The van der Waals surface area contributed by atoms with E-state index in [4.69, 9.17) is 37.4 Å². The van der Waals surface area contributed by atoms with Crippen LogP contribution in [0.15, 0.2) is 72.8 Å². The first-order valence-electron chi connectivity index (χ1n) is 8.15. The lowest BCUT2D eigenvalue weighted by molar-refractivity contribution is -0.147. The minimum atomic E-state index is -0.504. The van der Waals surface area contributed by atoms with Gasteiger partial charge < -0.3 is 14.2 Å². The van der Waals surface area contributed by atoms with Crippen molar-refractivity contribution in [3.05, 3.63) is 88.4 Å². The van der Waals surface area contributed by atoms with Gasteiger partial charge in [0.15, 0.2) is 6.61 Å². The van der Waals surface area contributed by atoms with E-state index in [1.165, 1.54) is 0 Å². The summed E-state index contributed by atoms with van der Waals surface area (Å²) in [5.74, 6) is 1.27. The molecule has 0 atom stereocenters. The number of halogens is 2. The van der Waals surface area contributed by atoms with Gasteiger partial charge in [0, 0.05) is 5.02 Å². The lowest BCUT2D eigenvalue weighted by Gasteiger charge is -2.10. The number of para-hydroxylation sites is 1. The minimum Gasteiger partial charge on any atom is -0.480 e. The third kappa shape index (κ3) is 5.91. The van der Waals surface area contributed by atoms with Crippen LogP contribution >= 0.6 is 23.2 Å². The highest BCUT2D eigenvalue weighted by Gasteiger charge is 2.08. The first-order valence-corrected chi connectivity index (χ1v) is 8.91. The van der Waals surface area contributed by atoms with E-state index in [9.17, 15) is 4.79 Å². The summed E-state index contributed by atoms with van der Waals surface area (Å²) in [7, 11) is 0. The predicted octanol–water partition coefficient (Wildman–Crippen LogP) is 5.91. The number of esters is 1. The minimum absolute atomic E-state index is 0.114. The first-order chi connectivity index (χ1) is 13.1. The molecular formula is C21H16Cl2O4. The van der Waals surface area contributed by atoms with Crippen molar-refractivity contribution < 1.29 is 19.0 Å². The molecule has 0 saturated heterocycles. The van der Waals surface area contributed by atoms with Crippen LogP contribution in [0.5, 0.6) is 17.2 Å². The molecule has 0 amide bonds. The molecule has 138 valence electrons. The van der Waals surface area contributed by atoms with Gasteiger partial charge in [-0.05, 0) is 48.0 Å². The maximum Gasteiger partial charge on any atom is 0.344 e. The number of carbonyl (C=O) groups is 1. The Balaban J connectivity index is 1.50. The van der Waals surface area contributed by atoms with Crippen LogP contribution in [0.3, 0.4) is 0 Å². The van der Waals surface area contributed by atoms with Crippen molar-refractivity contribution in [2.45, 2.75) is 6.61 Å². The van der Waals surface area contributed by atoms with E-state index in [1.54, 1.807) is 18.2 Å². The van der Waals surface area contributed by atoms with E-state index in [-0.39, 0.29) is 13.2 Å². The zero-order valence-electron chi connectivity index (χ0n) is 14.2. The molecule has 0 aliphatic heterocycles. The third-order valence-corrected chi connectivity index (χ3v) is 4.05. The van der Waals surface area contributed by atoms with Crippen LogP contribution in [0.1, 0.15) is 5.56 Å². The van der Waals surface area contributed by atoms with E-state index in [0.717, 1.165) is 11.3 Å². The molecule has 4 nitrogen and oxygen atoms in total. The van der Waals surface area contributed by atoms with Gasteiger partial charge in [-0.3, -0.25) is 0 Å². The summed E-state index contributed by atoms with van der Waals surface area (Å²) in [5, 5.41) is 0.827. The van der Waals surface area contributed by atoms with Gasteiger partial charge in [-0.15, -0.1) is 0 Å². The number of rotatable bonds is 7. The Morgan fingerprint density at radius 3 is 2.41 bits per heavy atom. The topological polar surface area (TPSA) is 44.8 Å². The Hall–Kier alpha value is -2.69. The molecule has 0 fully saturated rings. The Morgan fingerprint density at radius 1 is 0.852 bits per heavy atom. The van der Waals surface area contributed by atoms with Gasteiger partial charge in [0.1, 0.15) is 23.9 Å². The molecule has 0 N–H and O–H groups in total. The fraction of sp³-hybridized carbons (Fsp3) is 0.0952. The molecular weight excluding hydrogens is 387 g/mol. The molecule has 0 radical (unpaired) electrons. The Morgan fingerprint density at radius 2 is 1.63 bits per heavy atom. The number of carbonyl (C=O) groups excluding carboxylic acids is 1. The van der Waals surface area contributed by atoms with Gasteiger partial charge in [0.25, 0.3) is 0 Å². The van der Waals surface area contributed by atoms with Crippen molar-refractivity contribution in [1.82, 2.24) is 0 Å². The van der Waals surface area contributed by atoms with Crippen LogP contribution in [0, 0.1) is 0 Å². The van der Waals surface area contributed by atoms with Gasteiger partial charge in [0.2, 0.25) is 0 Å². The van der Waals surface area contributed by atoms with Gasteiger partial charge in [-0.25, -0.2) is 4.79 Å². The number of benzene rings is 3. The van der Waals surface area contributed by atoms with E-state index >= 15 is 0 Å². The molecule has 3 aromatic carbocycles. The van der Waals surface area contributed by atoms with Crippen LogP contribution in [-0.4, -0.2) is 12.6 Å². The average molecular weight is 403 g/mol. The van der Waals surface area contributed by atoms with Gasteiger partial charge in [-0.2, -0.15) is 0 Å². The second-order valence-corrected chi connectivity index (χ2v) is 6.43. The van der Waals surface area contributed by atoms with Crippen LogP contribution in [0.2, 0.25) is 10.0 Å². The maximum absolute atomic E-state index is 11.9. The van der Waals surface area contributed by atoms with Crippen molar-refractivity contribution in [3.8, 4) is 17.2 Å². The molecule has 0 heterocycles. The van der Waals surface area contributed by atoms with Crippen LogP contribution in [0.25, 0.3) is 0 Å². The summed E-state index contributed by atoms with van der Waals surface area (Å²) in [6, 6.07) is 21.6. The molecule has 0 aliphatic rings. The fourth-order valence-corrected chi connectivity index (χ4v) is 2.72. The molecule has 6 heteroatoms. The summed E-state index contributed by atoms with van der Waals surface area (Å²) in [4.78, 5) is 11.9. The highest BCUT2D eigenvalue weighted by molar-refractivity contribution is 6.35. The lowest BCUT2D eigenvalue weighted by Crippen LogP contribution is -2.14. The van der Waals surface area contributed by atoms with Crippen LogP contribution in [0.4, 0.5) is 0 Å². The highest BCUT2D eigenvalue weighted by atomic mass is 35.5. The third-order valence-electron chi connectivity index (χ3n) is 3.52. The lowest BCUT2D eigenvalue weighted by atomic mass is 10.2. The molecule has 0 unspecified atom stereocenters. The zero-order valence-corrected chi connectivity index (χ0v) is 15.7. The standard InChI is InChI=1S/C21H16Cl2O4/c22-16-9-10-20(19(23)12-16)25-14-21(24)26-13-15-5-4-8-18(11-15)27-17-6-2-1-3-7-17/h1-12H,13-14H2. The smallest absolute Gasteiger partial charge is 0.344 e. The number of hydrogen-bond donors (Lipinski definition) is 0. The van der Waals surface area contributed by atoms with Gasteiger partial charge >= 0.3 is 5.97 Å². The molecule has 0 spiro atoms. The zero-order chi connectivity index (χ0) is 19.1. The maximum atomic E-state index is 11.9. The van der Waals surface area contributed by atoms with E-state index in [2.05, 4.69) is 0 Å². The van der Waals surface area contributed by atoms with E-state index in [0.29, 0.717) is 21.5 Å². The Bertz CT molecular complexity index is 913. The number of hydrogen-bond acceptors (Lipinski definition) is 4. The predicted molar refractivity (Wildman–Crippen MR) is 105 cm³/mol. The SMILES string of the molecule is O=C(COc1ccc(Cl)cc1Cl)OCc1cccc(Oc2ccccc2)c1. The highest BCUT2D eigenvalue weighted by Crippen LogP contribution is 2.27. The van der Waals surface area contributed by atoms with Crippen molar-refractivity contribution in [3.63, 3.8) is 0 Å². The average Bonchev–Trinajstić information content (AvgIpc) is 2.67. The Labute approximate surface area is 167 Å². The summed E-state index contributed by atoms with van der Waals surface area (Å²) < 4.78 is 16.3. The molecule has 0 aliphatic carbocycles. The molecule has 0 saturated carbocycles. The van der Waals surface area contributed by atoms with Crippen molar-refractivity contribution >= 4 is 29.2 Å². The quantitative estimate of drug-likeness (QED) is 0.460. The van der Waals surface area contributed by atoms with E-state index < -0.39 is 5.97 Å². The number of ether oxygens (including phenoxy) is 3. The summed E-state index contributed by atoms with van der Waals surface area (Å²) in [6.45, 7) is -0.135. The monoisotopic (exact) mass is 402 g/mol. The van der Waals surface area contributed by atoms with Crippen molar-refractivity contribution in [2.24, 2.45) is 0 Å². The second-order valence-electron chi connectivity index (χ2n) is 5.59. The molecule has 0 bridgehead atoms. The normalized spacial score (nSPS) is 10.3. The van der Waals surface area contributed by atoms with Crippen molar-refractivity contribution in [1.29, 1.82) is 0 Å². The molecule has 27 heavy (non-hydrogen) atoms. The van der Waals surface area contributed by atoms with Gasteiger partial charge in [0.05, 0.1) is 5.02 Å². The second kappa shape index (κ2) is 9.31. The first kappa shape index (κ1) is 19.1. The van der Waals surface area contributed by atoms with Crippen LogP contribution in [-0.2, 0) is 16.1 Å². The Kier molecular flexibility index (Phi) is 6.58. The molecule has 3 rings (SSSR count). The summed E-state index contributed by atoms with van der Waals surface area (Å²) >= 11 is 11.8. The fourth-order valence-electron chi connectivity index (χ4n) is 2.26. The summed E-state index contributed by atoms with van der Waals surface area (Å²) in [6.07, 6.45) is 0. The largest absolute Gasteiger partial charge is 0.480 e. The molecule has 0 aromatic heterocycles. The van der Waals surface area contributed by atoms with Crippen LogP contribution < -0.4 is 9.47 Å². The summed E-state index contributed by atoms with van der Waals surface area (Å²) in [5.41, 5.74) is 0.807. The van der Waals surface area contributed by atoms with E-state index in [1.807, 2.05) is 54.6 Å². The van der Waals surface area contributed by atoms with Gasteiger partial charge in [-0.1, -0.05) is 53.5 Å². The van der Waals surface area contributed by atoms with Crippen molar-refractivity contribution in [2.75, 3.05) is 6.61 Å².